The van der Waals surface area contributed by atoms with Crippen molar-refractivity contribution < 1.29 is 9.53 Å². The van der Waals surface area contributed by atoms with E-state index in [1.165, 1.54) is 11.0 Å². The van der Waals surface area contributed by atoms with Crippen molar-refractivity contribution in [1.82, 2.24) is 25.5 Å². The molecule has 1 amide bonds. The summed E-state index contributed by atoms with van der Waals surface area (Å²) in [4.78, 5) is 11.6. The van der Waals surface area contributed by atoms with Gasteiger partial charge in [-0.05, 0) is 42.0 Å². The van der Waals surface area contributed by atoms with Gasteiger partial charge in [0, 0.05) is 6.54 Å². The van der Waals surface area contributed by atoms with E-state index in [0.29, 0.717) is 6.54 Å². The number of hydrogen-bond acceptors (Lipinski definition) is 5. The third-order valence-corrected chi connectivity index (χ3v) is 2.48. The van der Waals surface area contributed by atoms with E-state index in [1.807, 2.05) is 38.1 Å². The van der Waals surface area contributed by atoms with Crippen molar-refractivity contribution in [3.05, 3.63) is 36.2 Å². The summed E-state index contributed by atoms with van der Waals surface area (Å²) < 4.78 is 6.92. The normalized spacial score (nSPS) is 10.6. The van der Waals surface area contributed by atoms with E-state index in [9.17, 15) is 4.79 Å². The Morgan fingerprint density at radius 3 is 2.70 bits per heavy atom. The van der Waals surface area contributed by atoms with Gasteiger partial charge < -0.3 is 10.1 Å². The number of carbonyl (C=O) groups excluding carboxylic acids is 1. The summed E-state index contributed by atoms with van der Waals surface area (Å²) in [6.45, 7) is 4.53. The van der Waals surface area contributed by atoms with Crippen molar-refractivity contribution in [3.8, 4) is 5.75 Å². The average molecular weight is 275 g/mol. The topological polar surface area (TPSA) is 81.9 Å². The predicted molar refractivity (Wildman–Crippen MR) is 71.9 cm³/mol. The first-order valence-electron chi connectivity index (χ1n) is 6.36. The van der Waals surface area contributed by atoms with E-state index >= 15 is 0 Å². The molecule has 0 saturated heterocycles. The fourth-order valence-corrected chi connectivity index (χ4v) is 1.61. The Balaban J connectivity index is 1.80. The molecule has 1 N–H and O–H groups in total. The molecule has 0 aliphatic rings. The highest BCUT2D eigenvalue weighted by Gasteiger charge is 2.04. The first-order valence-corrected chi connectivity index (χ1v) is 6.36. The number of carbonyl (C=O) groups is 1. The summed E-state index contributed by atoms with van der Waals surface area (Å²) in [7, 11) is 0. The Labute approximate surface area is 116 Å². The van der Waals surface area contributed by atoms with E-state index in [-0.39, 0.29) is 18.6 Å². The van der Waals surface area contributed by atoms with E-state index in [0.717, 1.165) is 11.3 Å². The van der Waals surface area contributed by atoms with Crippen molar-refractivity contribution in [2.75, 3.05) is 0 Å². The second-order valence-corrected chi connectivity index (χ2v) is 4.59. The number of tetrazole rings is 1. The summed E-state index contributed by atoms with van der Waals surface area (Å²) in [5.74, 6) is 0.684. The minimum Gasteiger partial charge on any atom is -0.491 e. The molecule has 2 rings (SSSR count). The molecule has 20 heavy (non-hydrogen) atoms. The molecule has 7 heteroatoms. The van der Waals surface area contributed by atoms with E-state index in [2.05, 4.69) is 20.8 Å². The summed E-state index contributed by atoms with van der Waals surface area (Å²) in [6, 6.07) is 7.63. The molecule has 1 aromatic heterocycles. The van der Waals surface area contributed by atoms with Crippen molar-refractivity contribution >= 4 is 5.91 Å². The summed E-state index contributed by atoms with van der Waals surface area (Å²) in [5, 5.41) is 13.4. The van der Waals surface area contributed by atoms with Crippen LogP contribution in [0, 0.1) is 0 Å². The van der Waals surface area contributed by atoms with E-state index < -0.39 is 0 Å². The predicted octanol–water partition coefficient (Wildman–Crippen LogP) is 0.777. The Bertz CT molecular complexity index is 536. The Kier molecular flexibility index (Phi) is 4.65. The maximum absolute atomic E-state index is 11.6. The molecule has 1 aromatic carbocycles. The lowest BCUT2D eigenvalue weighted by atomic mass is 10.2. The number of nitrogens with zero attached hydrogens (tertiary/aromatic N) is 4. The molecule has 106 valence electrons. The maximum Gasteiger partial charge on any atom is 0.242 e. The van der Waals surface area contributed by atoms with Gasteiger partial charge in [-0.25, -0.2) is 4.68 Å². The molecular weight excluding hydrogens is 258 g/mol. The lowest BCUT2D eigenvalue weighted by Crippen LogP contribution is -2.27. The highest BCUT2D eigenvalue weighted by Crippen LogP contribution is 2.13. The standard InChI is InChI=1S/C13H17N5O2/c1-10(2)20-12-5-3-11(4-6-12)7-14-13(19)8-18-9-15-16-17-18/h3-6,9-10H,7-8H2,1-2H3,(H,14,19). The fourth-order valence-electron chi connectivity index (χ4n) is 1.61. The molecule has 0 aliphatic heterocycles. The van der Waals surface area contributed by atoms with Gasteiger partial charge in [0.05, 0.1) is 6.10 Å². The Morgan fingerprint density at radius 1 is 1.35 bits per heavy atom. The smallest absolute Gasteiger partial charge is 0.242 e. The van der Waals surface area contributed by atoms with Crippen LogP contribution in [0.2, 0.25) is 0 Å². The van der Waals surface area contributed by atoms with Gasteiger partial charge in [0.25, 0.3) is 0 Å². The van der Waals surface area contributed by atoms with Crippen LogP contribution in [-0.4, -0.2) is 32.2 Å². The first kappa shape index (κ1) is 14.0. The first-order chi connectivity index (χ1) is 9.63. The minimum absolute atomic E-state index is 0.113. The zero-order valence-electron chi connectivity index (χ0n) is 11.5. The van der Waals surface area contributed by atoms with Crippen LogP contribution < -0.4 is 10.1 Å². The van der Waals surface area contributed by atoms with Gasteiger partial charge in [0.2, 0.25) is 5.91 Å². The van der Waals surface area contributed by atoms with Crippen molar-refractivity contribution in [3.63, 3.8) is 0 Å². The zero-order chi connectivity index (χ0) is 14.4. The maximum atomic E-state index is 11.6. The number of nitrogens with one attached hydrogen (secondary N) is 1. The average Bonchev–Trinajstić information content (AvgIpc) is 2.90. The van der Waals surface area contributed by atoms with Gasteiger partial charge in [-0.15, -0.1) is 5.10 Å². The zero-order valence-corrected chi connectivity index (χ0v) is 11.5. The Hall–Kier alpha value is -2.44. The molecule has 0 unspecified atom stereocenters. The lowest BCUT2D eigenvalue weighted by Gasteiger charge is -2.10. The summed E-state index contributed by atoms with van der Waals surface area (Å²) in [6.07, 6.45) is 1.55. The molecule has 0 saturated carbocycles. The molecule has 1 heterocycles. The SMILES string of the molecule is CC(C)Oc1ccc(CNC(=O)Cn2cnnn2)cc1. The van der Waals surface area contributed by atoms with Crippen LogP contribution in [0.3, 0.4) is 0 Å². The van der Waals surface area contributed by atoms with Gasteiger partial charge in [0.15, 0.2) is 0 Å². The number of aromatic nitrogens is 4. The van der Waals surface area contributed by atoms with Gasteiger partial charge in [-0.2, -0.15) is 0 Å². The molecule has 0 atom stereocenters. The highest BCUT2D eigenvalue weighted by molar-refractivity contribution is 5.75. The van der Waals surface area contributed by atoms with Gasteiger partial charge >= 0.3 is 0 Å². The molecule has 0 radical (unpaired) electrons. The molecule has 7 nitrogen and oxygen atoms in total. The van der Waals surface area contributed by atoms with Crippen LogP contribution in [0.1, 0.15) is 19.4 Å². The second kappa shape index (κ2) is 6.65. The largest absolute Gasteiger partial charge is 0.491 e. The molecule has 0 fully saturated rings. The molecule has 2 aromatic rings. The lowest BCUT2D eigenvalue weighted by molar-refractivity contribution is -0.122. The third kappa shape index (κ3) is 4.34. The van der Waals surface area contributed by atoms with E-state index in [1.54, 1.807) is 0 Å². The molecule has 0 aliphatic carbocycles. The van der Waals surface area contributed by atoms with Gasteiger partial charge in [0.1, 0.15) is 18.6 Å². The number of benzene rings is 1. The molecular formula is C13H17N5O2. The second-order valence-electron chi connectivity index (χ2n) is 4.59. The van der Waals surface area contributed by atoms with Crippen LogP contribution in [0.25, 0.3) is 0 Å². The summed E-state index contributed by atoms with van der Waals surface area (Å²) >= 11 is 0. The number of ether oxygens (including phenoxy) is 1. The highest BCUT2D eigenvalue weighted by atomic mass is 16.5. The quantitative estimate of drug-likeness (QED) is 0.842. The van der Waals surface area contributed by atoms with Crippen molar-refractivity contribution in [1.29, 1.82) is 0 Å². The van der Waals surface area contributed by atoms with Crippen LogP contribution in [0.15, 0.2) is 30.6 Å². The molecule has 0 bridgehead atoms. The van der Waals surface area contributed by atoms with Gasteiger partial charge in [-0.1, -0.05) is 12.1 Å². The fraction of sp³-hybridized carbons (Fsp3) is 0.385. The van der Waals surface area contributed by atoms with Crippen molar-refractivity contribution in [2.45, 2.75) is 33.0 Å². The van der Waals surface area contributed by atoms with Crippen LogP contribution >= 0.6 is 0 Å². The van der Waals surface area contributed by atoms with E-state index in [4.69, 9.17) is 4.74 Å². The number of hydrogen-bond donors (Lipinski definition) is 1. The molecule has 0 spiro atoms. The summed E-state index contributed by atoms with van der Waals surface area (Å²) in [5.41, 5.74) is 1.01. The monoisotopic (exact) mass is 275 g/mol. The minimum atomic E-state index is -0.139. The van der Waals surface area contributed by atoms with Crippen LogP contribution in [0.5, 0.6) is 5.75 Å². The van der Waals surface area contributed by atoms with Gasteiger partial charge in [-0.3, -0.25) is 4.79 Å². The third-order valence-electron chi connectivity index (χ3n) is 2.48. The van der Waals surface area contributed by atoms with Crippen molar-refractivity contribution in [2.24, 2.45) is 0 Å². The number of amides is 1. The van der Waals surface area contributed by atoms with Crippen LogP contribution in [0.4, 0.5) is 0 Å². The van der Waals surface area contributed by atoms with Crippen LogP contribution in [-0.2, 0) is 17.9 Å². The Morgan fingerprint density at radius 2 is 2.10 bits per heavy atom. The number of rotatable bonds is 6.